The van der Waals surface area contributed by atoms with Gasteiger partial charge < -0.3 is 10.1 Å². The first-order chi connectivity index (χ1) is 10.4. The highest BCUT2D eigenvalue weighted by molar-refractivity contribution is 7.10. The number of hydrogen-bond acceptors (Lipinski definition) is 4. The molecule has 0 unspecified atom stereocenters. The van der Waals surface area contributed by atoms with Gasteiger partial charge in [0.1, 0.15) is 5.75 Å². The summed E-state index contributed by atoms with van der Waals surface area (Å²) in [7, 11) is 0. The molecular weight excluding hydrogens is 280 g/mol. The van der Waals surface area contributed by atoms with Crippen molar-refractivity contribution in [3.8, 4) is 5.75 Å². The van der Waals surface area contributed by atoms with Crippen LogP contribution in [0.3, 0.4) is 0 Å². The fourth-order valence-corrected chi connectivity index (χ4v) is 4.20. The van der Waals surface area contributed by atoms with Crippen LogP contribution in [0.25, 0.3) is 0 Å². The molecule has 110 valence electrons. The average Bonchev–Trinajstić information content (AvgIpc) is 3.19. The Morgan fingerprint density at radius 3 is 2.90 bits per heavy atom. The first-order valence-electron chi connectivity index (χ1n) is 7.65. The molecule has 3 nitrogen and oxygen atoms in total. The summed E-state index contributed by atoms with van der Waals surface area (Å²) in [6.07, 6.45) is 1.04. The molecule has 0 saturated carbocycles. The normalized spacial score (nSPS) is 20.0. The molecule has 2 aliphatic heterocycles. The lowest BCUT2D eigenvalue weighted by Crippen LogP contribution is -2.45. The van der Waals surface area contributed by atoms with Gasteiger partial charge >= 0.3 is 0 Å². The zero-order valence-corrected chi connectivity index (χ0v) is 12.9. The number of nitrogens with zero attached hydrogens (tertiary/aromatic N) is 1. The molecule has 0 amide bonds. The molecule has 2 aromatic rings. The summed E-state index contributed by atoms with van der Waals surface area (Å²) in [5.41, 5.74) is 2.77. The molecule has 2 aliphatic rings. The predicted molar refractivity (Wildman–Crippen MR) is 86.2 cm³/mol. The number of benzene rings is 1. The molecule has 3 heterocycles. The van der Waals surface area contributed by atoms with Crippen LogP contribution in [0.2, 0.25) is 0 Å². The number of thiophene rings is 1. The highest BCUT2D eigenvalue weighted by Crippen LogP contribution is 2.35. The van der Waals surface area contributed by atoms with Gasteiger partial charge in [0, 0.05) is 37.5 Å². The molecular formula is C17H20N2OS. The van der Waals surface area contributed by atoms with Crippen molar-refractivity contribution in [3.63, 3.8) is 0 Å². The van der Waals surface area contributed by atoms with Gasteiger partial charge in [-0.15, -0.1) is 11.3 Å². The van der Waals surface area contributed by atoms with Gasteiger partial charge in [0.05, 0.1) is 12.6 Å². The maximum atomic E-state index is 5.65. The fourth-order valence-electron chi connectivity index (χ4n) is 3.32. The Balaban J connectivity index is 1.71. The van der Waals surface area contributed by atoms with Crippen molar-refractivity contribution in [2.24, 2.45) is 0 Å². The van der Waals surface area contributed by atoms with E-state index in [4.69, 9.17) is 4.74 Å². The minimum Gasteiger partial charge on any atom is -0.493 e. The number of fused-ring (bicyclic) bond motifs is 1. The number of nitrogens with one attached hydrogen (secondary N) is 1. The van der Waals surface area contributed by atoms with Crippen molar-refractivity contribution in [1.82, 2.24) is 10.2 Å². The van der Waals surface area contributed by atoms with E-state index in [9.17, 15) is 0 Å². The number of piperazine rings is 1. The molecule has 1 fully saturated rings. The summed E-state index contributed by atoms with van der Waals surface area (Å²) in [4.78, 5) is 4.04. The zero-order chi connectivity index (χ0) is 14.1. The van der Waals surface area contributed by atoms with Crippen molar-refractivity contribution >= 4 is 11.3 Å². The van der Waals surface area contributed by atoms with Crippen LogP contribution in [0.5, 0.6) is 5.75 Å². The van der Waals surface area contributed by atoms with Crippen LogP contribution in [-0.4, -0.2) is 37.7 Å². The van der Waals surface area contributed by atoms with Crippen LogP contribution >= 0.6 is 11.3 Å². The molecule has 4 rings (SSSR count). The number of hydrogen-bond donors (Lipinski definition) is 1. The summed E-state index contributed by atoms with van der Waals surface area (Å²) in [6.45, 7) is 5.20. The highest BCUT2D eigenvalue weighted by atomic mass is 32.1. The third-order valence-electron chi connectivity index (χ3n) is 4.36. The lowest BCUT2D eigenvalue weighted by Gasteiger charge is -2.35. The Labute approximate surface area is 129 Å². The molecule has 0 aliphatic carbocycles. The van der Waals surface area contributed by atoms with Crippen molar-refractivity contribution in [3.05, 3.63) is 51.7 Å². The van der Waals surface area contributed by atoms with Crippen molar-refractivity contribution in [1.29, 1.82) is 0 Å². The molecule has 1 aromatic heterocycles. The van der Waals surface area contributed by atoms with E-state index in [-0.39, 0.29) is 0 Å². The zero-order valence-electron chi connectivity index (χ0n) is 12.0. The Morgan fingerprint density at radius 1 is 1.19 bits per heavy atom. The standard InChI is InChI=1S/C17H20N2OS/c1-2-16(21-11-1)17(19-8-6-18-7-9-19)14-3-4-15-13(12-14)5-10-20-15/h1-4,11-12,17-18H,5-10H2/t17-/m0/s1. The van der Waals surface area contributed by atoms with E-state index in [0.29, 0.717) is 6.04 Å². The minimum atomic E-state index is 0.387. The van der Waals surface area contributed by atoms with Crippen LogP contribution in [0.1, 0.15) is 22.0 Å². The van der Waals surface area contributed by atoms with Crippen LogP contribution < -0.4 is 10.1 Å². The highest BCUT2D eigenvalue weighted by Gasteiger charge is 2.26. The SMILES string of the molecule is c1csc([C@H](c2ccc3c(c2)CCO3)N2CCNCC2)c1. The first-order valence-corrected chi connectivity index (χ1v) is 8.53. The minimum absolute atomic E-state index is 0.387. The number of rotatable bonds is 3. The van der Waals surface area contributed by atoms with Gasteiger partial charge in [0.2, 0.25) is 0 Å². The van der Waals surface area contributed by atoms with Crippen LogP contribution in [0, 0.1) is 0 Å². The van der Waals surface area contributed by atoms with Gasteiger partial charge in [-0.3, -0.25) is 4.90 Å². The van der Waals surface area contributed by atoms with Gasteiger partial charge in [-0.1, -0.05) is 18.2 Å². The van der Waals surface area contributed by atoms with Crippen LogP contribution in [-0.2, 0) is 6.42 Å². The van der Waals surface area contributed by atoms with Gasteiger partial charge in [-0.05, 0) is 28.6 Å². The molecule has 0 radical (unpaired) electrons. The van der Waals surface area contributed by atoms with E-state index in [1.165, 1.54) is 16.0 Å². The predicted octanol–water partition coefficient (Wildman–Crippen LogP) is 2.68. The molecule has 0 bridgehead atoms. The molecule has 21 heavy (non-hydrogen) atoms. The lowest BCUT2D eigenvalue weighted by molar-refractivity contribution is 0.200. The smallest absolute Gasteiger partial charge is 0.122 e. The summed E-state index contributed by atoms with van der Waals surface area (Å²) >= 11 is 1.86. The van der Waals surface area contributed by atoms with E-state index in [2.05, 4.69) is 45.9 Å². The van der Waals surface area contributed by atoms with E-state index < -0.39 is 0 Å². The molecule has 1 atom stereocenters. The van der Waals surface area contributed by atoms with Crippen molar-refractivity contribution < 1.29 is 4.74 Å². The Hall–Kier alpha value is -1.36. The quantitative estimate of drug-likeness (QED) is 0.943. The van der Waals surface area contributed by atoms with Gasteiger partial charge in [-0.2, -0.15) is 0 Å². The topological polar surface area (TPSA) is 24.5 Å². The fraction of sp³-hybridized carbons (Fsp3) is 0.412. The summed E-state index contributed by atoms with van der Waals surface area (Å²) < 4.78 is 5.65. The lowest BCUT2D eigenvalue weighted by atomic mass is 9.99. The molecule has 1 N–H and O–H groups in total. The second kappa shape index (κ2) is 5.79. The van der Waals surface area contributed by atoms with Gasteiger partial charge in [0.15, 0.2) is 0 Å². The molecule has 0 spiro atoms. The van der Waals surface area contributed by atoms with Crippen LogP contribution in [0.4, 0.5) is 0 Å². The molecule has 4 heteroatoms. The Kier molecular flexibility index (Phi) is 3.67. The van der Waals surface area contributed by atoms with Crippen molar-refractivity contribution in [2.45, 2.75) is 12.5 Å². The van der Waals surface area contributed by atoms with E-state index >= 15 is 0 Å². The Morgan fingerprint density at radius 2 is 2.10 bits per heavy atom. The average molecular weight is 300 g/mol. The monoisotopic (exact) mass is 300 g/mol. The summed E-state index contributed by atoms with van der Waals surface area (Å²) in [6, 6.07) is 11.6. The summed E-state index contributed by atoms with van der Waals surface area (Å²) in [5, 5.41) is 5.63. The van der Waals surface area contributed by atoms with Gasteiger partial charge in [-0.25, -0.2) is 0 Å². The first kappa shape index (κ1) is 13.3. The third kappa shape index (κ3) is 2.59. The second-order valence-electron chi connectivity index (χ2n) is 5.67. The number of ether oxygens (including phenoxy) is 1. The second-order valence-corrected chi connectivity index (χ2v) is 6.65. The molecule has 1 aromatic carbocycles. The van der Waals surface area contributed by atoms with E-state index in [1.807, 2.05) is 11.3 Å². The third-order valence-corrected chi connectivity index (χ3v) is 5.28. The van der Waals surface area contributed by atoms with Crippen LogP contribution in [0.15, 0.2) is 35.7 Å². The van der Waals surface area contributed by atoms with Gasteiger partial charge in [0.25, 0.3) is 0 Å². The van der Waals surface area contributed by atoms with E-state index in [0.717, 1.165) is 45.0 Å². The summed E-state index contributed by atoms with van der Waals surface area (Å²) in [5.74, 6) is 1.07. The maximum absolute atomic E-state index is 5.65. The molecule has 1 saturated heterocycles. The van der Waals surface area contributed by atoms with E-state index in [1.54, 1.807) is 0 Å². The Bertz CT molecular complexity index is 605. The van der Waals surface area contributed by atoms with Crippen molar-refractivity contribution in [2.75, 3.05) is 32.8 Å². The maximum Gasteiger partial charge on any atom is 0.122 e. The largest absolute Gasteiger partial charge is 0.493 e.